The standard InChI is InChI=1S/C17H30N4O8S/c1-8(17(28)29)19-15(26)11(6-7-30-3)20-16(27)13(9(2)22)21-14(25)10(18)4-5-12(23)24/h8-11,13,22H,4-7,18H2,1-3H3,(H,19,26)(H,20,27)(H,21,25)(H,23,24)(H,28,29). The molecule has 0 aliphatic rings. The summed E-state index contributed by atoms with van der Waals surface area (Å²) in [6.45, 7) is 2.52. The van der Waals surface area contributed by atoms with Gasteiger partial charge in [0, 0.05) is 6.42 Å². The first-order chi connectivity index (χ1) is 13.9. The summed E-state index contributed by atoms with van der Waals surface area (Å²) in [7, 11) is 0. The van der Waals surface area contributed by atoms with Crippen LogP contribution in [-0.4, -0.2) is 87.3 Å². The number of nitrogens with two attached hydrogens (primary N) is 1. The fourth-order valence-corrected chi connectivity index (χ4v) is 2.69. The van der Waals surface area contributed by atoms with E-state index >= 15 is 0 Å². The number of carboxylic acid groups (broad SMARTS) is 2. The molecule has 0 aromatic carbocycles. The van der Waals surface area contributed by atoms with Crippen molar-refractivity contribution in [3.05, 3.63) is 0 Å². The highest BCUT2D eigenvalue weighted by molar-refractivity contribution is 7.98. The predicted molar refractivity (Wildman–Crippen MR) is 109 cm³/mol. The molecular weight excluding hydrogens is 420 g/mol. The molecule has 5 atom stereocenters. The van der Waals surface area contributed by atoms with E-state index in [0.717, 1.165) is 0 Å². The number of aliphatic hydroxyl groups is 1. The van der Waals surface area contributed by atoms with Gasteiger partial charge in [-0.15, -0.1) is 0 Å². The predicted octanol–water partition coefficient (Wildman–Crippen LogP) is -2.13. The van der Waals surface area contributed by atoms with Gasteiger partial charge in [0.2, 0.25) is 17.7 Å². The van der Waals surface area contributed by atoms with Crippen LogP contribution in [0.15, 0.2) is 0 Å². The van der Waals surface area contributed by atoms with Crippen LogP contribution in [0.25, 0.3) is 0 Å². The van der Waals surface area contributed by atoms with Gasteiger partial charge in [-0.1, -0.05) is 0 Å². The fraction of sp³-hybridized carbons (Fsp3) is 0.706. The number of aliphatic carboxylic acids is 2. The van der Waals surface area contributed by atoms with Crippen molar-refractivity contribution in [1.29, 1.82) is 0 Å². The van der Waals surface area contributed by atoms with Crippen molar-refractivity contribution < 1.29 is 39.3 Å². The monoisotopic (exact) mass is 450 g/mol. The van der Waals surface area contributed by atoms with Crippen LogP contribution in [0.1, 0.15) is 33.1 Å². The number of hydrogen-bond donors (Lipinski definition) is 7. The molecule has 8 N–H and O–H groups in total. The molecule has 0 aromatic rings. The van der Waals surface area contributed by atoms with E-state index in [4.69, 9.17) is 15.9 Å². The summed E-state index contributed by atoms with van der Waals surface area (Å²) < 4.78 is 0. The van der Waals surface area contributed by atoms with Gasteiger partial charge in [0.15, 0.2) is 0 Å². The average molecular weight is 451 g/mol. The molecule has 0 aliphatic heterocycles. The van der Waals surface area contributed by atoms with Crippen LogP contribution >= 0.6 is 11.8 Å². The van der Waals surface area contributed by atoms with Crippen LogP contribution < -0.4 is 21.7 Å². The van der Waals surface area contributed by atoms with E-state index in [-0.39, 0.29) is 19.3 Å². The van der Waals surface area contributed by atoms with Crippen molar-refractivity contribution in [2.75, 3.05) is 12.0 Å². The Labute approximate surface area is 178 Å². The third kappa shape index (κ3) is 10.4. The van der Waals surface area contributed by atoms with Gasteiger partial charge in [-0.2, -0.15) is 11.8 Å². The Balaban J connectivity index is 5.18. The lowest BCUT2D eigenvalue weighted by atomic mass is 10.1. The lowest BCUT2D eigenvalue weighted by molar-refractivity contribution is -0.142. The second-order valence-corrected chi connectivity index (χ2v) is 7.66. The second-order valence-electron chi connectivity index (χ2n) is 6.68. The van der Waals surface area contributed by atoms with Gasteiger partial charge < -0.3 is 37.0 Å². The van der Waals surface area contributed by atoms with Gasteiger partial charge in [0.1, 0.15) is 18.1 Å². The molecule has 0 saturated heterocycles. The molecule has 0 spiro atoms. The van der Waals surface area contributed by atoms with Crippen molar-refractivity contribution in [2.24, 2.45) is 5.73 Å². The van der Waals surface area contributed by atoms with Gasteiger partial charge in [-0.05, 0) is 38.7 Å². The van der Waals surface area contributed by atoms with Crippen molar-refractivity contribution in [1.82, 2.24) is 16.0 Å². The Kier molecular flexibility index (Phi) is 12.7. The SMILES string of the molecule is CSCCC(NC(=O)C(NC(=O)C(N)CCC(=O)O)C(C)O)C(=O)NC(C)C(=O)O. The third-order valence-corrected chi connectivity index (χ3v) is 4.69. The molecule has 0 rings (SSSR count). The lowest BCUT2D eigenvalue weighted by Crippen LogP contribution is -2.59. The zero-order valence-corrected chi connectivity index (χ0v) is 17.9. The maximum absolute atomic E-state index is 12.6. The van der Waals surface area contributed by atoms with Gasteiger partial charge >= 0.3 is 11.9 Å². The number of hydrogen-bond acceptors (Lipinski definition) is 8. The number of carbonyl (C=O) groups is 5. The van der Waals surface area contributed by atoms with Gasteiger partial charge in [0.05, 0.1) is 12.1 Å². The van der Waals surface area contributed by atoms with E-state index in [0.29, 0.717) is 5.75 Å². The minimum absolute atomic E-state index is 0.166. The fourth-order valence-electron chi connectivity index (χ4n) is 2.22. The molecule has 12 nitrogen and oxygen atoms in total. The van der Waals surface area contributed by atoms with E-state index < -0.39 is 59.9 Å². The molecule has 0 radical (unpaired) electrons. The first-order valence-electron chi connectivity index (χ1n) is 9.19. The minimum atomic E-state index is -1.45. The number of aliphatic hydroxyl groups excluding tert-OH is 1. The Morgan fingerprint density at radius 1 is 0.933 bits per heavy atom. The Morgan fingerprint density at radius 2 is 1.53 bits per heavy atom. The van der Waals surface area contributed by atoms with Crippen molar-refractivity contribution in [3.8, 4) is 0 Å². The van der Waals surface area contributed by atoms with E-state index in [1.165, 1.54) is 25.6 Å². The average Bonchev–Trinajstić information content (AvgIpc) is 2.66. The summed E-state index contributed by atoms with van der Waals surface area (Å²) in [4.78, 5) is 58.6. The van der Waals surface area contributed by atoms with E-state index in [9.17, 15) is 29.1 Å². The van der Waals surface area contributed by atoms with Crippen LogP contribution in [0.4, 0.5) is 0 Å². The smallest absolute Gasteiger partial charge is 0.325 e. The normalized spacial score (nSPS) is 15.8. The summed E-state index contributed by atoms with van der Waals surface area (Å²) in [5.41, 5.74) is 5.60. The summed E-state index contributed by atoms with van der Waals surface area (Å²) >= 11 is 1.41. The summed E-state index contributed by atoms with van der Waals surface area (Å²) in [6.07, 6.45) is 0.111. The number of rotatable bonds is 14. The van der Waals surface area contributed by atoms with Crippen LogP contribution in [0.5, 0.6) is 0 Å². The van der Waals surface area contributed by atoms with Crippen LogP contribution in [0.3, 0.4) is 0 Å². The molecule has 13 heteroatoms. The Bertz CT molecular complexity index is 631. The van der Waals surface area contributed by atoms with Crippen LogP contribution in [0, 0.1) is 0 Å². The second kappa shape index (κ2) is 13.8. The van der Waals surface area contributed by atoms with Gasteiger partial charge in [-0.25, -0.2) is 0 Å². The molecular formula is C17H30N4O8S. The topological polar surface area (TPSA) is 208 Å². The molecule has 0 aromatic heterocycles. The number of carboxylic acids is 2. The highest BCUT2D eigenvalue weighted by Crippen LogP contribution is 2.04. The summed E-state index contributed by atoms with van der Waals surface area (Å²) in [5, 5.41) is 34.4. The van der Waals surface area contributed by atoms with Crippen LogP contribution in [0.2, 0.25) is 0 Å². The maximum Gasteiger partial charge on any atom is 0.325 e. The number of thioether (sulfide) groups is 1. The maximum atomic E-state index is 12.6. The molecule has 0 heterocycles. The molecule has 3 amide bonds. The molecule has 30 heavy (non-hydrogen) atoms. The quantitative estimate of drug-likeness (QED) is 0.153. The first kappa shape index (κ1) is 27.6. The summed E-state index contributed by atoms with van der Waals surface area (Å²) in [6, 6.07) is -4.92. The van der Waals surface area contributed by atoms with Gasteiger partial charge in [-0.3, -0.25) is 24.0 Å². The highest BCUT2D eigenvalue weighted by Gasteiger charge is 2.31. The number of amides is 3. The summed E-state index contributed by atoms with van der Waals surface area (Å²) in [5.74, 6) is -4.33. The van der Waals surface area contributed by atoms with Gasteiger partial charge in [0.25, 0.3) is 0 Å². The van der Waals surface area contributed by atoms with Crippen LogP contribution in [-0.2, 0) is 24.0 Å². The Morgan fingerprint density at radius 3 is 2.00 bits per heavy atom. The van der Waals surface area contributed by atoms with E-state index in [1.54, 1.807) is 6.26 Å². The number of carbonyl (C=O) groups excluding carboxylic acids is 3. The lowest BCUT2D eigenvalue weighted by Gasteiger charge is -2.26. The molecule has 0 bridgehead atoms. The minimum Gasteiger partial charge on any atom is -0.481 e. The number of nitrogens with one attached hydrogen (secondary N) is 3. The molecule has 0 saturated carbocycles. The third-order valence-electron chi connectivity index (χ3n) is 4.04. The molecule has 5 unspecified atom stereocenters. The zero-order chi connectivity index (χ0) is 23.4. The zero-order valence-electron chi connectivity index (χ0n) is 17.1. The Hall–Kier alpha value is -2.38. The first-order valence-corrected chi connectivity index (χ1v) is 10.6. The van der Waals surface area contributed by atoms with Crippen molar-refractivity contribution >= 4 is 41.4 Å². The molecule has 172 valence electrons. The van der Waals surface area contributed by atoms with E-state index in [1.807, 2.05) is 0 Å². The van der Waals surface area contributed by atoms with Crippen molar-refractivity contribution in [3.63, 3.8) is 0 Å². The largest absolute Gasteiger partial charge is 0.481 e. The van der Waals surface area contributed by atoms with E-state index in [2.05, 4.69) is 16.0 Å². The highest BCUT2D eigenvalue weighted by atomic mass is 32.2. The van der Waals surface area contributed by atoms with Crippen molar-refractivity contribution in [2.45, 2.75) is 63.4 Å². The molecule has 0 fully saturated rings. The molecule has 0 aliphatic carbocycles.